The van der Waals surface area contributed by atoms with E-state index in [0.717, 1.165) is 17.0 Å². The maximum absolute atomic E-state index is 13.1. The molecule has 6 heteroatoms. The van der Waals surface area contributed by atoms with Gasteiger partial charge in [0.2, 0.25) is 0 Å². The first kappa shape index (κ1) is 14.6. The summed E-state index contributed by atoms with van der Waals surface area (Å²) in [7, 11) is 1.86. The molecule has 0 saturated carbocycles. The van der Waals surface area contributed by atoms with Gasteiger partial charge >= 0.3 is 0 Å². The third kappa shape index (κ3) is 2.85. The number of carbonyl (C=O) groups is 1. The van der Waals surface area contributed by atoms with Gasteiger partial charge in [0, 0.05) is 35.3 Å². The lowest BCUT2D eigenvalue weighted by Crippen LogP contribution is -2.23. The van der Waals surface area contributed by atoms with Gasteiger partial charge in [0.1, 0.15) is 5.82 Å². The first-order valence-corrected chi connectivity index (χ1v) is 6.60. The van der Waals surface area contributed by atoms with E-state index in [9.17, 15) is 9.18 Å². The fraction of sp³-hybridized carbons (Fsp3) is 0.286. The highest BCUT2D eigenvalue weighted by Crippen LogP contribution is 2.15. The summed E-state index contributed by atoms with van der Waals surface area (Å²) >= 11 is 3.97. The number of hydrogen-bond donors (Lipinski definition) is 2. The van der Waals surface area contributed by atoms with E-state index >= 15 is 0 Å². The predicted octanol–water partition coefficient (Wildman–Crippen LogP) is 2.39. The molecule has 0 aliphatic rings. The number of hydrogen-bond acceptors (Lipinski definition) is 3. The van der Waals surface area contributed by atoms with Crippen molar-refractivity contribution in [1.29, 1.82) is 0 Å². The summed E-state index contributed by atoms with van der Waals surface area (Å²) in [6, 6.07) is 4.09. The Morgan fingerprint density at radius 3 is 2.70 bits per heavy atom. The molecule has 0 bridgehead atoms. The van der Waals surface area contributed by atoms with Crippen molar-refractivity contribution in [2.75, 3.05) is 0 Å². The molecular weight excluding hydrogens is 277 g/mol. The largest absolute Gasteiger partial charge is 0.348 e. The van der Waals surface area contributed by atoms with Crippen LogP contribution in [-0.2, 0) is 13.6 Å². The van der Waals surface area contributed by atoms with Crippen LogP contribution in [0.3, 0.4) is 0 Å². The molecule has 1 aromatic heterocycles. The van der Waals surface area contributed by atoms with Crippen molar-refractivity contribution in [3.63, 3.8) is 0 Å². The summed E-state index contributed by atoms with van der Waals surface area (Å²) in [6.45, 7) is 4.24. The fourth-order valence-electron chi connectivity index (χ4n) is 2.00. The van der Waals surface area contributed by atoms with Crippen LogP contribution < -0.4 is 5.32 Å². The number of aryl methyl sites for hydroxylation is 2. The number of benzene rings is 1. The molecule has 1 amide bonds. The molecule has 0 fully saturated rings. The molecule has 4 nitrogen and oxygen atoms in total. The highest BCUT2D eigenvalue weighted by atomic mass is 32.1. The molecule has 0 radical (unpaired) electrons. The topological polar surface area (TPSA) is 46.9 Å². The molecule has 1 N–H and O–H groups in total. The molecule has 1 heterocycles. The summed E-state index contributed by atoms with van der Waals surface area (Å²) in [5.41, 5.74) is 3.28. The summed E-state index contributed by atoms with van der Waals surface area (Å²) in [6.07, 6.45) is 0. The highest BCUT2D eigenvalue weighted by Gasteiger charge is 2.12. The molecule has 0 spiro atoms. The zero-order valence-corrected chi connectivity index (χ0v) is 12.5. The van der Waals surface area contributed by atoms with Gasteiger partial charge in [-0.15, -0.1) is 12.6 Å². The van der Waals surface area contributed by atoms with Gasteiger partial charge in [-0.2, -0.15) is 5.10 Å². The van der Waals surface area contributed by atoms with E-state index in [2.05, 4.69) is 23.0 Å². The van der Waals surface area contributed by atoms with Crippen molar-refractivity contribution in [3.05, 3.63) is 46.5 Å². The lowest BCUT2D eigenvalue weighted by molar-refractivity contribution is 0.0950. The van der Waals surface area contributed by atoms with Crippen LogP contribution >= 0.6 is 12.6 Å². The molecule has 0 atom stereocenters. The van der Waals surface area contributed by atoms with Gasteiger partial charge < -0.3 is 5.32 Å². The maximum atomic E-state index is 13.1. The number of aromatic nitrogens is 2. The molecule has 106 valence electrons. The predicted molar refractivity (Wildman–Crippen MR) is 77.5 cm³/mol. The Morgan fingerprint density at radius 2 is 2.15 bits per heavy atom. The van der Waals surface area contributed by atoms with E-state index < -0.39 is 5.82 Å². The van der Waals surface area contributed by atoms with Gasteiger partial charge in [-0.25, -0.2) is 4.39 Å². The van der Waals surface area contributed by atoms with Crippen LogP contribution in [0.1, 0.15) is 27.3 Å². The van der Waals surface area contributed by atoms with Gasteiger partial charge in [-0.1, -0.05) is 0 Å². The minimum atomic E-state index is -0.441. The minimum absolute atomic E-state index is 0.159. The number of rotatable bonds is 3. The van der Waals surface area contributed by atoms with Crippen molar-refractivity contribution in [2.45, 2.75) is 25.3 Å². The van der Waals surface area contributed by atoms with Crippen LogP contribution in [0.5, 0.6) is 0 Å². The van der Waals surface area contributed by atoms with E-state index in [1.165, 1.54) is 18.2 Å². The minimum Gasteiger partial charge on any atom is -0.348 e. The zero-order valence-electron chi connectivity index (χ0n) is 11.6. The molecule has 0 saturated heterocycles. The Labute approximate surface area is 122 Å². The average molecular weight is 293 g/mol. The Hall–Kier alpha value is -1.82. The van der Waals surface area contributed by atoms with Gasteiger partial charge in [0.05, 0.1) is 5.69 Å². The fourth-order valence-corrected chi connectivity index (χ4v) is 2.21. The van der Waals surface area contributed by atoms with Gasteiger partial charge in [-0.05, 0) is 32.0 Å². The van der Waals surface area contributed by atoms with Gasteiger partial charge in [0.25, 0.3) is 5.91 Å². The number of nitrogens with one attached hydrogen (secondary N) is 1. The summed E-state index contributed by atoms with van der Waals surface area (Å²) in [5.74, 6) is -0.702. The average Bonchev–Trinajstić information content (AvgIpc) is 2.64. The monoisotopic (exact) mass is 293 g/mol. The van der Waals surface area contributed by atoms with Crippen molar-refractivity contribution in [3.8, 4) is 0 Å². The summed E-state index contributed by atoms with van der Waals surface area (Å²) < 4.78 is 14.9. The Balaban J connectivity index is 2.10. The molecule has 1 aromatic carbocycles. The first-order chi connectivity index (χ1) is 9.40. The van der Waals surface area contributed by atoms with Crippen LogP contribution in [0.2, 0.25) is 0 Å². The Bertz CT molecular complexity index is 667. The van der Waals surface area contributed by atoms with E-state index in [-0.39, 0.29) is 10.8 Å². The second-order valence-corrected chi connectivity index (χ2v) is 5.10. The van der Waals surface area contributed by atoms with E-state index in [4.69, 9.17) is 0 Å². The molecule has 2 aromatic rings. The lowest BCUT2D eigenvalue weighted by atomic mass is 10.1. The highest BCUT2D eigenvalue weighted by molar-refractivity contribution is 7.80. The normalized spacial score (nSPS) is 10.7. The van der Waals surface area contributed by atoms with Gasteiger partial charge in [-0.3, -0.25) is 9.48 Å². The third-order valence-electron chi connectivity index (χ3n) is 3.29. The van der Waals surface area contributed by atoms with Crippen molar-refractivity contribution >= 4 is 18.5 Å². The third-order valence-corrected chi connectivity index (χ3v) is 3.64. The zero-order chi connectivity index (χ0) is 14.9. The number of thiol groups is 1. The first-order valence-electron chi connectivity index (χ1n) is 6.16. The van der Waals surface area contributed by atoms with Gasteiger partial charge in [0.15, 0.2) is 0 Å². The van der Waals surface area contributed by atoms with E-state index in [1.54, 1.807) is 4.68 Å². The smallest absolute Gasteiger partial charge is 0.251 e. The van der Waals surface area contributed by atoms with E-state index in [1.807, 2.05) is 20.9 Å². The van der Waals surface area contributed by atoms with Crippen molar-refractivity contribution in [2.24, 2.45) is 7.05 Å². The van der Waals surface area contributed by atoms with Crippen molar-refractivity contribution in [1.82, 2.24) is 15.1 Å². The second-order valence-electron chi connectivity index (χ2n) is 4.62. The molecule has 0 unspecified atom stereocenters. The number of amides is 1. The summed E-state index contributed by atoms with van der Waals surface area (Å²) in [4.78, 5) is 12.2. The maximum Gasteiger partial charge on any atom is 0.251 e. The molecule has 0 aliphatic carbocycles. The molecule has 0 aliphatic heterocycles. The standard InChI is InChI=1S/C14H16FN3OS/c1-8-11(9(2)18(3)17-8)7-16-14(19)10-4-5-12(15)13(20)6-10/h4-6,20H,7H2,1-3H3,(H,16,19). The lowest BCUT2D eigenvalue weighted by Gasteiger charge is -2.07. The summed E-state index contributed by atoms with van der Waals surface area (Å²) in [5, 5.41) is 7.10. The molecular formula is C14H16FN3OS. The van der Waals surface area contributed by atoms with Crippen LogP contribution in [0.15, 0.2) is 23.1 Å². The SMILES string of the molecule is Cc1nn(C)c(C)c1CNC(=O)c1ccc(F)c(S)c1. The van der Waals surface area contributed by atoms with Crippen LogP contribution in [0, 0.1) is 19.7 Å². The van der Waals surface area contributed by atoms with Crippen molar-refractivity contribution < 1.29 is 9.18 Å². The Morgan fingerprint density at radius 1 is 1.45 bits per heavy atom. The van der Waals surface area contributed by atoms with Crippen LogP contribution in [0.4, 0.5) is 4.39 Å². The quantitative estimate of drug-likeness (QED) is 0.854. The van der Waals surface area contributed by atoms with E-state index in [0.29, 0.717) is 12.1 Å². The molecule has 2 rings (SSSR count). The Kier molecular flexibility index (Phi) is 4.13. The number of carbonyl (C=O) groups excluding carboxylic acids is 1. The second kappa shape index (κ2) is 5.66. The van der Waals surface area contributed by atoms with Crippen LogP contribution in [-0.4, -0.2) is 15.7 Å². The number of halogens is 1. The van der Waals surface area contributed by atoms with Crippen LogP contribution in [0.25, 0.3) is 0 Å². The molecule has 20 heavy (non-hydrogen) atoms. The number of nitrogens with zero attached hydrogens (tertiary/aromatic N) is 2.